The Hall–Kier alpha value is -1.03. The van der Waals surface area contributed by atoms with E-state index in [1.807, 2.05) is 33.3 Å². The molecule has 1 heterocycles. The fraction of sp³-hybridized carbons (Fsp3) is 0.750. The molecule has 0 aliphatic carbocycles. The number of nitrogens with one attached hydrogen (secondary N) is 1. The van der Waals surface area contributed by atoms with Gasteiger partial charge in [0.05, 0.1) is 0 Å². The molecule has 4 heteroatoms. The quantitative estimate of drug-likeness (QED) is 0.799. The molecule has 4 nitrogen and oxygen atoms in total. The number of rotatable bonds is 6. The molecule has 0 saturated carbocycles. The first-order valence-corrected chi connectivity index (χ1v) is 6.04. The van der Waals surface area contributed by atoms with E-state index in [9.17, 15) is 4.79 Å². The number of imidazole rings is 1. The van der Waals surface area contributed by atoms with Crippen LogP contribution in [0.4, 0.5) is 0 Å². The Morgan fingerprint density at radius 2 is 2.06 bits per heavy atom. The highest BCUT2D eigenvalue weighted by Crippen LogP contribution is 2.02. The summed E-state index contributed by atoms with van der Waals surface area (Å²) in [6, 6.07) is 0.610. The first-order chi connectivity index (χ1) is 7.60. The Balaban J connectivity index is 2.77. The summed E-state index contributed by atoms with van der Waals surface area (Å²) in [5.41, 5.74) is 0.0892. The van der Waals surface area contributed by atoms with Gasteiger partial charge in [-0.05, 0) is 27.3 Å². The van der Waals surface area contributed by atoms with Crippen molar-refractivity contribution < 1.29 is 0 Å². The third-order valence-corrected chi connectivity index (χ3v) is 2.89. The van der Waals surface area contributed by atoms with Crippen LogP contribution in [0.15, 0.2) is 17.2 Å². The van der Waals surface area contributed by atoms with Gasteiger partial charge in [-0.2, -0.15) is 0 Å². The third-order valence-electron chi connectivity index (χ3n) is 2.89. The predicted molar refractivity (Wildman–Crippen MR) is 66.8 cm³/mol. The zero-order valence-electron chi connectivity index (χ0n) is 10.7. The minimum Gasteiger partial charge on any atom is -0.315 e. The van der Waals surface area contributed by atoms with Crippen LogP contribution in [0.2, 0.25) is 0 Å². The molecule has 1 aromatic heterocycles. The molecule has 0 bridgehead atoms. The minimum absolute atomic E-state index is 0.0892. The minimum atomic E-state index is 0.0892. The second-order valence-corrected chi connectivity index (χ2v) is 4.51. The first-order valence-electron chi connectivity index (χ1n) is 6.04. The Morgan fingerprint density at radius 1 is 1.38 bits per heavy atom. The van der Waals surface area contributed by atoms with E-state index in [1.165, 1.54) is 0 Å². The Bertz CT molecular complexity index is 365. The van der Waals surface area contributed by atoms with E-state index in [0.29, 0.717) is 6.04 Å². The van der Waals surface area contributed by atoms with Gasteiger partial charge in [0, 0.05) is 31.0 Å². The summed E-state index contributed by atoms with van der Waals surface area (Å²) in [7, 11) is 1.95. The van der Waals surface area contributed by atoms with Crippen LogP contribution >= 0.6 is 0 Å². The molecule has 0 amide bonds. The average Bonchev–Trinajstić information content (AvgIpc) is 2.60. The first kappa shape index (κ1) is 13.0. The smallest absolute Gasteiger partial charge is 0.315 e. The molecular weight excluding hydrogens is 202 g/mol. The van der Waals surface area contributed by atoms with Crippen LogP contribution in [0.25, 0.3) is 0 Å². The van der Waals surface area contributed by atoms with Crippen LogP contribution in [-0.2, 0) is 6.54 Å². The van der Waals surface area contributed by atoms with Crippen molar-refractivity contribution in [3.8, 4) is 0 Å². The van der Waals surface area contributed by atoms with E-state index in [-0.39, 0.29) is 11.7 Å². The summed E-state index contributed by atoms with van der Waals surface area (Å²) in [5.74, 6) is 0. The number of nitrogens with zero attached hydrogens (tertiary/aromatic N) is 2. The molecule has 16 heavy (non-hydrogen) atoms. The van der Waals surface area contributed by atoms with E-state index in [1.54, 1.807) is 9.13 Å². The Kier molecular flexibility index (Phi) is 4.80. The summed E-state index contributed by atoms with van der Waals surface area (Å²) in [4.78, 5) is 12.0. The Labute approximate surface area is 97.3 Å². The standard InChI is InChI=1S/C12H23N3O/c1-5-6-11(13-4)9-14-7-8-15(10(2)3)12(14)16/h7-8,10-11,13H,5-6,9H2,1-4H3. The fourth-order valence-electron chi connectivity index (χ4n) is 1.87. The number of aromatic nitrogens is 2. The highest BCUT2D eigenvalue weighted by molar-refractivity contribution is 4.85. The zero-order valence-corrected chi connectivity index (χ0v) is 10.7. The van der Waals surface area contributed by atoms with Crippen LogP contribution in [0, 0.1) is 0 Å². The molecule has 0 spiro atoms. The fourth-order valence-corrected chi connectivity index (χ4v) is 1.87. The molecule has 92 valence electrons. The van der Waals surface area contributed by atoms with Crippen molar-refractivity contribution in [1.82, 2.24) is 14.5 Å². The molecule has 1 atom stereocenters. The highest BCUT2D eigenvalue weighted by Gasteiger charge is 2.10. The Morgan fingerprint density at radius 3 is 2.50 bits per heavy atom. The van der Waals surface area contributed by atoms with Gasteiger partial charge in [-0.3, -0.25) is 9.13 Å². The van der Waals surface area contributed by atoms with Crippen molar-refractivity contribution in [3.63, 3.8) is 0 Å². The van der Waals surface area contributed by atoms with Gasteiger partial charge in [0.15, 0.2) is 0 Å². The van der Waals surface area contributed by atoms with Gasteiger partial charge in [-0.1, -0.05) is 13.3 Å². The van der Waals surface area contributed by atoms with Crippen LogP contribution < -0.4 is 11.0 Å². The second-order valence-electron chi connectivity index (χ2n) is 4.51. The van der Waals surface area contributed by atoms with Gasteiger partial charge in [0.1, 0.15) is 0 Å². The molecule has 0 aromatic carbocycles. The molecule has 0 aliphatic rings. The van der Waals surface area contributed by atoms with Crippen molar-refractivity contribution in [1.29, 1.82) is 0 Å². The summed E-state index contributed by atoms with van der Waals surface area (Å²) in [5, 5.41) is 3.25. The molecule has 1 rings (SSSR count). The average molecular weight is 225 g/mol. The van der Waals surface area contributed by atoms with Crippen LogP contribution in [-0.4, -0.2) is 22.2 Å². The molecule has 1 unspecified atom stereocenters. The maximum atomic E-state index is 12.0. The lowest BCUT2D eigenvalue weighted by atomic mass is 10.2. The molecule has 1 N–H and O–H groups in total. The highest BCUT2D eigenvalue weighted by atomic mass is 16.1. The lowest BCUT2D eigenvalue weighted by Crippen LogP contribution is -2.35. The van der Waals surface area contributed by atoms with Gasteiger partial charge >= 0.3 is 5.69 Å². The normalized spacial score (nSPS) is 13.3. The van der Waals surface area contributed by atoms with Gasteiger partial charge < -0.3 is 5.32 Å². The van der Waals surface area contributed by atoms with E-state index in [2.05, 4.69) is 12.2 Å². The van der Waals surface area contributed by atoms with E-state index in [0.717, 1.165) is 19.4 Å². The maximum absolute atomic E-state index is 12.0. The van der Waals surface area contributed by atoms with Crippen molar-refractivity contribution in [3.05, 3.63) is 22.9 Å². The van der Waals surface area contributed by atoms with Crippen molar-refractivity contribution in [2.45, 2.75) is 52.2 Å². The van der Waals surface area contributed by atoms with Gasteiger partial charge in [-0.15, -0.1) is 0 Å². The summed E-state index contributed by atoms with van der Waals surface area (Å²) >= 11 is 0. The van der Waals surface area contributed by atoms with Crippen LogP contribution in [0.1, 0.15) is 39.7 Å². The zero-order chi connectivity index (χ0) is 12.1. The molecule has 0 saturated heterocycles. The van der Waals surface area contributed by atoms with Gasteiger partial charge in [0.25, 0.3) is 0 Å². The molecule has 0 fully saturated rings. The van der Waals surface area contributed by atoms with E-state index in [4.69, 9.17) is 0 Å². The molecule has 0 radical (unpaired) electrons. The molecule has 1 aromatic rings. The predicted octanol–water partition coefficient (Wildman–Crippen LogP) is 1.62. The molecule has 0 aliphatic heterocycles. The SMILES string of the molecule is CCCC(Cn1ccn(C(C)C)c1=O)NC. The number of likely N-dealkylation sites (N-methyl/N-ethyl adjacent to an activating group) is 1. The summed E-state index contributed by atoms with van der Waals surface area (Å²) in [6.07, 6.45) is 5.97. The number of hydrogen-bond donors (Lipinski definition) is 1. The van der Waals surface area contributed by atoms with E-state index >= 15 is 0 Å². The monoisotopic (exact) mass is 225 g/mol. The van der Waals surface area contributed by atoms with Crippen molar-refractivity contribution in [2.75, 3.05) is 7.05 Å². The van der Waals surface area contributed by atoms with Crippen LogP contribution in [0.3, 0.4) is 0 Å². The van der Waals surface area contributed by atoms with Gasteiger partial charge in [0.2, 0.25) is 0 Å². The summed E-state index contributed by atoms with van der Waals surface area (Å²) < 4.78 is 3.55. The maximum Gasteiger partial charge on any atom is 0.328 e. The summed E-state index contributed by atoms with van der Waals surface area (Å²) in [6.45, 7) is 6.95. The third kappa shape index (κ3) is 2.98. The van der Waals surface area contributed by atoms with Crippen molar-refractivity contribution in [2.24, 2.45) is 0 Å². The van der Waals surface area contributed by atoms with Crippen LogP contribution in [0.5, 0.6) is 0 Å². The van der Waals surface area contributed by atoms with Gasteiger partial charge in [-0.25, -0.2) is 4.79 Å². The van der Waals surface area contributed by atoms with Crippen molar-refractivity contribution >= 4 is 0 Å². The lowest BCUT2D eigenvalue weighted by molar-refractivity contribution is 0.435. The largest absolute Gasteiger partial charge is 0.328 e. The molecular formula is C12H23N3O. The topological polar surface area (TPSA) is 39.0 Å². The second kappa shape index (κ2) is 5.89. The number of hydrogen-bond acceptors (Lipinski definition) is 2. The van der Waals surface area contributed by atoms with E-state index < -0.39 is 0 Å². The lowest BCUT2D eigenvalue weighted by Gasteiger charge is -2.15.